The lowest BCUT2D eigenvalue weighted by molar-refractivity contribution is -0.120. The van der Waals surface area contributed by atoms with Crippen LogP contribution in [0.4, 0.5) is 0 Å². The lowest BCUT2D eigenvalue weighted by Crippen LogP contribution is -2.31. The average molecular weight is 338 g/mol. The summed E-state index contributed by atoms with van der Waals surface area (Å²) in [5.74, 6) is 0.684. The number of carbonyl (C=O) groups excluding carboxylic acids is 1. The van der Waals surface area contributed by atoms with Gasteiger partial charge in [0.15, 0.2) is 0 Å². The van der Waals surface area contributed by atoms with Crippen LogP contribution < -0.4 is 10.1 Å². The highest BCUT2D eigenvalue weighted by molar-refractivity contribution is 7.10. The Bertz CT molecular complexity index is 788. The zero-order valence-electron chi connectivity index (χ0n) is 13.3. The first kappa shape index (κ1) is 16.2. The molecule has 5 heteroatoms. The van der Waals surface area contributed by atoms with E-state index in [1.54, 1.807) is 24.6 Å². The molecule has 122 valence electrons. The van der Waals surface area contributed by atoms with E-state index in [2.05, 4.69) is 10.3 Å². The Hall–Kier alpha value is -2.66. The first-order valence-corrected chi connectivity index (χ1v) is 8.51. The number of benzene rings is 1. The van der Waals surface area contributed by atoms with E-state index in [0.717, 1.165) is 21.9 Å². The van der Waals surface area contributed by atoms with Gasteiger partial charge >= 0.3 is 0 Å². The normalized spacial score (nSPS) is 11.7. The van der Waals surface area contributed by atoms with E-state index in [9.17, 15) is 4.79 Å². The minimum atomic E-state index is -0.352. The molecule has 24 heavy (non-hydrogen) atoms. The molecule has 0 bridgehead atoms. The van der Waals surface area contributed by atoms with Crippen molar-refractivity contribution >= 4 is 17.2 Å². The molecule has 4 nitrogen and oxygen atoms in total. The number of carbonyl (C=O) groups is 1. The number of hydrogen-bond donors (Lipinski definition) is 1. The molecule has 0 radical (unpaired) electrons. The summed E-state index contributed by atoms with van der Waals surface area (Å²) in [5.41, 5.74) is 1.67. The number of methoxy groups -OCH3 is 1. The highest BCUT2D eigenvalue weighted by atomic mass is 32.1. The predicted octanol–water partition coefficient (Wildman–Crippen LogP) is 3.60. The highest BCUT2D eigenvalue weighted by Crippen LogP contribution is 2.29. The van der Waals surface area contributed by atoms with Crippen LogP contribution in [0.25, 0.3) is 0 Å². The Morgan fingerprint density at radius 3 is 2.71 bits per heavy atom. The Balaban J connectivity index is 1.89. The van der Waals surface area contributed by atoms with Crippen molar-refractivity contribution < 1.29 is 9.53 Å². The molecule has 3 aromatic rings. The monoisotopic (exact) mass is 338 g/mol. The summed E-state index contributed by atoms with van der Waals surface area (Å²) in [4.78, 5) is 17.9. The molecular formula is C19H18N2O2S. The van der Waals surface area contributed by atoms with Crippen molar-refractivity contribution in [3.05, 3.63) is 82.3 Å². The number of aromatic nitrogens is 1. The van der Waals surface area contributed by atoms with Crippen LogP contribution in [-0.2, 0) is 11.2 Å². The van der Waals surface area contributed by atoms with Gasteiger partial charge < -0.3 is 10.1 Å². The number of thiophene rings is 1. The first-order chi connectivity index (χ1) is 11.8. The van der Waals surface area contributed by atoms with E-state index in [1.807, 2.05) is 60.0 Å². The molecule has 0 saturated carbocycles. The van der Waals surface area contributed by atoms with Gasteiger partial charge in [-0.1, -0.05) is 30.3 Å². The van der Waals surface area contributed by atoms with Gasteiger partial charge in [-0.2, -0.15) is 0 Å². The van der Waals surface area contributed by atoms with Crippen LogP contribution in [0.3, 0.4) is 0 Å². The molecule has 0 spiro atoms. The van der Waals surface area contributed by atoms with Crippen molar-refractivity contribution in [3.8, 4) is 5.75 Å². The Kier molecular flexibility index (Phi) is 5.23. The lowest BCUT2D eigenvalue weighted by Gasteiger charge is -2.21. The molecule has 2 aromatic heterocycles. The zero-order valence-corrected chi connectivity index (χ0v) is 14.1. The van der Waals surface area contributed by atoms with Crippen LogP contribution in [0, 0.1) is 0 Å². The molecular weight excluding hydrogens is 320 g/mol. The topological polar surface area (TPSA) is 51.2 Å². The van der Waals surface area contributed by atoms with E-state index in [0.29, 0.717) is 6.42 Å². The molecule has 1 N–H and O–H groups in total. The van der Waals surface area contributed by atoms with Crippen molar-refractivity contribution in [1.82, 2.24) is 10.3 Å². The van der Waals surface area contributed by atoms with E-state index in [-0.39, 0.29) is 11.9 Å². The van der Waals surface area contributed by atoms with Crippen molar-refractivity contribution in [1.29, 1.82) is 0 Å². The third-order valence-electron chi connectivity index (χ3n) is 3.65. The number of nitrogens with one attached hydrogen (secondary N) is 1. The van der Waals surface area contributed by atoms with Crippen molar-refractivity contribution in [2.24, 2.45) is 0 Å². The fourth-order valence-corrected chi connectivity index (χ4v) is 3.25. The molecule has 0 unspecified atom stereocenters. The van der Waals surface area contributed by atoms with Gasteiger partial charge in [0.25, 0.3) is 0 Å². The summed E-state index contributed by atoms with van der Waals surface area (Å²) in [6.07, 6.45) is 2.08. The molecule has 1 amide bonds. The molecule has 1 atom stereocenters. The van der Waals surface area contributed by atoms with E-state index < -0.39 is 0 Å². The van der Waals surface area contributed by atoms with Gasteiger partial charge in [-0.3, -0.25) is 9.78 Å². The Morgan fingerprint density at radius 1 is 1.17 bits per heavy atom. The van der Waals surface area contributed by atoms with Crippen molar-refractivity contribution in [3.63, 3.8) is 0 Å². The lowest BCUT2D eigenvalue weighted by atomic mass is 10.0. The maximum Gasteiger partial charge on any atom is 0.226 e. The van der Waals surface area contributed by atoms with Gasteiger partial charge in [0.05, 0.1) is 25.3 Å². The average Bonchev–Trinajstić information content (AvgIpc) is 3.13. The minimum Gasteiger partial charge on any atom is -0.496 e. The number of nitrogens with zero attached hydrogens (tertiary/aromatic N) is 1. The van der Waals surface area contributed by atoms with Gasteiger partial charge in [-0.25, -0.2) is 0 Å². The number of hydrogen-bond acceptors (Lipinski definition) is 4. The first-order valence-electron chi connectivity index (χ1n) is 7.63. The fraction of sp³-hybridized carbons (Fsp3) is 0.158. The van der Waals surface area contributed by atoms with Crippen LogP contribution in [-0.4, -0.2) is 18.0 Å². The second-order valence-corrected chi connectivity index (χ2v) is 6.29. The maximum atomic E-state index is 12.5. The van der Waals surface area contributed by atoms with Crippen LogP contribution in [0.5, 0.6) is 5.75 Å². The van der Waals surface area contributed by atoms with Gasteiger partial charge in [0, 0.05) is 16.6 Å². The number of amides is 1. The zero-order chi connectivity index (χ0) is 16.8. The van der Waals surface area contributed by atoms with E-state index >= 15 is 0 Å². The number of rotatable bonds is 6. The summed E-state index contributed by atoms with van der Waals surface area (Å²) in [5, 5.41) is 5.06. The van der Waals surface area contributed by atoms with E-state index in [1.165, 1.54) is 0 Å². The Labute approximate surface area is 145 Å². The molecule has 0 aliphatic carbocycles. The summed E-state index contributed by atoms with van der Waals surface area (Å²) < 4.78 is 5.46. The highest BCUT2D eigenvalue weighted by Gasteiger charge is 2.21. The molecule has 0 aliphatic heterocycles. The Morgan fingerprint density at radius 2 is 2.00 bits per heavy atom. The van der Waals surface area contributed by atoms with Crippen LogP contribution in [0.1, 0.15) is 22.2 Å². The largest absolute Gasteiger partial charge is 0.496 e. The molecule has 0 aliphatic rings. The van der Waals surface area contributed by atoms with Crippen LogP contribution in [0.2, 0.25) is 0 Å². The predicted molar refractivity (Wildman–Crippen MR) is 95.2 cm³/mol. The fourth-order valence-electron chi connectivity index (χ4n) is 2.55. The van der Waals surface area contributed by atoms with Gasteiger partial charge in [0.1, 0.15) is 5.75 Å². The SMILES string of the molecule is COc1ccccc1[C@H](NC(=O)Cc1cccs1)c1ccccn1. The van der Waals surface area contributed by atoms with Gasteiger partial charge in [0.2, 0.25) is 5.91 Å². The minimum absolute atomic E-state index is 0.0426. The second kappa shape index (κ2) is 7.75. The molecule has 0 saturated heterocycles. The van der Waals surface area contributed by atoms with Crippen molar-refractivity contribution in [2.45, 2.75) is 12.5 Å². The standard InChI is InChI=1S/C19H18N2O2S/c1-23-17-10-3-2-8-15(17)19(16-9-4-5-11-20-16)21-18(22)13-14-7-6-12-24-14/h2-12,19H,13H2,1H3,(H,21,22)/t19-/m0/s1. The molecule has 3 rings (SSSR count). The second-order valence-electron chi connectivity index (χ2n) is 5.25. The number of para-hydroxylation sites is 1. The molecule has 0 fully saturated rings. The summed E-state index contributed by atoms with van der Waals surface area (Å²) in [7, 11) is 1.63. The van der Waals surface area contributed by atoms with Gasteiger partial charge in [-0.05, 0) is 29.6 Å². The van der Waals surface area contributed by atoms with Gasteiger partial charge in [-0.15, -0.1) is 11.3 Å². The maximum absolute atomic E-state index is 12.5. The third kappa shape index (κ3) is 3.81. The smallest absolute Gasteiger partial charge is 0.226 e. The summed E-state index contributed by atoms with van der Waals surface area (Å²) in [6.45, 7) is 0. The molecule has 2 heterocycles. The molecule has 1 aromatic carbocycles. The summed E-state index contributed by atoms with van der Waals surface area (Å²) >= 11 is 1.58. The third-order valence-corrected chi connectivity index (χ3v) is 4.53. The van der Waals surface area contributed by atoms with Crippen LogP contribution in [0.15, 0.2) is 66.2 Å². The number of ether oxygens (including phenoxy) is 1. The number of pyridine rings is 1. The van der Waals surface area contributed by atoms with Crippen molar-refractivity contribution in [2.75, 3.05) is 7.11 Å². The van der Waals surface area contributed by atoms with E-state index in [4.69, 9.17) is 4.74 Å². The quantitative estimate of drug-likeness (QED) is 0.747. The summed E-state index contributed by atoms with van der Waals surface area (Å²) in [6, 6.07) is 16.9. The van der Waals surface area contributed by atoms with Crippen LogP contribution >= 0.6 is 11.3 Å².